The first kappa shape index (κ1) is 22.0. The molecule has 1 saturated carbocycles. The number of aliphatic imine (C=N–C) groups is 1. The number of sulfone groups is 1. The summed E-state index contributed by atoms with van der Waals surface area (Å²) < 4.78 is 23.7. The summed E-state index contributed by atoms with van der Waals surface area (Å²) in [5.74, 6) is 1.10. The molecule has 0 spiro atoms. The third-order valence-electron chi connectivity index (χ3n) is 5.66. The highest BCUT2D eigenvalue weighted by Crippen LogP contribution is 2.41. The van der Waals surface area contributed by atoms with Gasteiger partial charge in [0, 0.05) is 26.2 Å². The molecular weight excluding hydrogens is 437 g/mol. The summed E-state index contributed by atoms with van der Waals surface area (Å²) in [7, 11) is -3.01. The predicted molar refractivity (Wildman–Crippen MR) is 112 cm³/mol. The Kier molecular flexibility index (Phi) is 7.84. The van der Waals surface area contributed by atoms with Crippen molar-refractivity contribution >= 4 is 39.8 Å². The van der Waals surface area contributed by atoms with Crippen LogP contribution in [0.4, 0.5) is 0 Å². The molecule has 0 aromatic carbocycles. The quantitative estimate of drug-likeness (QED) is 0.389. The molecule has 142 valence electrons. The topological polar surface area (TPSA) is 61.8 Å². The number of nitrogens with one attached hydrogen (secondary N) is 1. The van der Waals surface area contributed by atoms with E-state index in [-0.39, 0.29) is 29.7 Å². The number of nitrogens with zero attached hydrogens (tertiary/aromatic N) is 2. The zero-order valence-electron chi connectivity index (χ0n) is 15.6. The summed E-state index contributed by atoms with van der Waals surface area (Å²) in [5, 5.41) is 3.36. The molecule has 1 heterocycles. The highest BCUT2D eigenvalue weighted by atomic mass is 127. The summed E-state index contributed by atoms with van der Waals surface area (Å²) in [6, 6.07) is 0. The summed E-state index contributed by atoms with van der Waals surface area (Å²) in [6.45, 7) is 10.7. The van der Waals surface area contributed by atoms with E-state index >= 15 is 0 Å². The van der Waals surface area contributed by atoms with Gasteiger partial charge in [-0.2, -0.15) is 0 Å². The van der Waals surface area contributed by atoms with E-state index in [1.807, 2.05) is 13.8 Å². The third-order valence-corrected chi connectivity index (χ3v) is 8.19. The first-order valence-electron chi connectivity index (χ1n) is 9.01. The summed E-state index contributed by atoms with van der Waals surface area (Å²) in [6.07, 6.45) is 6.35. The van der Waals surface area contributed by atoms with Crippen LogP contribution < -0.4 is 5.32 Å². The second kappa shape index (κ2) is 8.56. The normalized spacial score (nSPS) is 25.2. The van der Waals surface area contributed by atoms with Crippen molar-refractivity contribution in [3.8, 4) is 0 Å². The second-order valence-corrected chi connectivity index (χ2v) is 10.5. The zero-order chi connectivity index (χ0) is 17.1. The van der Waals surface area contributed by atoms with Gasteiger partial charge in [0.1, 0.15) is 0 Å². The number of rotatable bonds is 4. The van der Waals surface area contributed by atoms with Crippen LogP contribution in [-0.4, -0.2) is 56.0 Å². The van der Waals surface area contributed by atoms with Gasteiger partial charge in [0.25, 0.3) is 0 Å². The number of hydrogen-bond acceptors (Lipinski definition) is 3. The fourth-order valence-electron chi connectivity index (χ4n) is 3.74. The van der Waals surface area contributed by atoms with Crippen molar-refractivity contribution < 1.29 is 8.42 Å². The van der Waals surface area contributed by atoms with Gasteiger partial charge in [-0.1, -0.05) is 19.8 Å². The van der Waals surface area contributed by atoms with Crippen molar-refractivity contribution in [3.63, 3.8) is 0 Å². The van der Waals surface area contributed by atoms with Crippen LogP contribution >= 0.6 is 24.0 Å². The van der Waals surface area contributed by atoms with Crippen LogP contribution in [0.15, 0.2) is 4.99 Å². The Bertz CT molecular complexity index is 540. The van der Waals surface area contributed by atoms with Gasteiger partial charge < -0.3 is 10.2 Å². The van der Waals surface area contributed by atoms with Gasteiger partial charge in [-0.25, -0.2) is 8.42 Å². The van der Waals surface area contributed by atoms with Gasteiger partial charge >= 0.3 is 0 Å². The van der Waals surface area contributed by atoms with Gasteiger partial charge in [-0.3, -0.25) is 4.99 Å². The molecule has 0 bridgehead atoms. The van der Waals surface area contributed by atoms with Crippen molar-refractivity contribution in [2.24, 2.45) is 10.4 Å². The van der Waals surface area contributed by atoms with E-state index in [2.05, 4.69) is 24.1 Å². The molecule has 0 aromatic rings. The standard InChI is InChI=1S/C17H33N3O2S.HI/c1-5-17(9-7-8-10-17)13-19-15(18-6-2)20-11-12-23(21,22)16(3,4)14-20;/h5-14H2,1-4H3,(H,18,19);1H. The molecule has 1 N–H and O–H groups in total. The van der Waals surface area contributed by atoms with Crippen LogP contribution in [0.5, 0.6) is 0 Å². The molecule has 1 aliphatic heterocycles. The average molecular weight is 471 g/mol. The molecule has 0 amide bonds. The van der Waals surface area contributed by atoms with E-state index in [9.17, 15) is 8.42 Å². The van der Waals surface area contributed by atoms with E-state index in [1.54, 1.807) is 0 Å². The maximum absolute atomic E-state index is 12.2. The maximum atomic E-state index is 12.2. The fraction of sp³-hybridized carbons (Fsp3) is 0.941. The number of guanidine groups is 1. The molecule has 24 heavy (non-hydrogen) atoms. The number of hydrogen-bond donors (Lipinski definition) is 1. The summed E-state index contributed by atoms with van der Waals surface area (Å²) in [5.41, 5.74) is 0.359. The van der Waals surface area contributed by atoms with Crippen molar-refractivity contribution in [2.75, 3.05) is 31.9 Å². The Hall–Kier alpha value is -0.0500. The van der Waals surface area contributed by atoms with Crippen LogP contribution in [0.2, 0.25) is 0 Å². The van der Waals surface area contributed by atoms with E-state index in [0.29, 0.717) is 18.5 Å². The van der Waals surface area contributed by atoms with Crippen LogP contribution in [-0.2, 0) is 9.84 Å². The van der Waals surface area contributed by atoms with Crippen molar-refractivity contribution in [1.82, 2.24) is 10.2 Å². The lowest BCUT2D eigenvalue weighted by Gasteiger charge is -2.39. The minimum atomic E-state index is -3.01. The molecule has 0 radical (unpaired) electrons. The Morgan fingerprint density at radius 3 is 2.33 bits per heavy atom. The van der Waals surface area contributed by atoms with Crippen molar-refractivity contribution in [2.45, 2.75) is 64.5 Å². The van der Waals surface area contributed by atoms with Crippen LogP contribution in [0.3, 0.4) is 0 Å². The Labute approximate surface area is 165 Å². The van der Waals surface area contributed by atoms with Gasteiger partial charge in [0.2, 0.25) is 0 Å². The SMILES string of the molecule is CCNC(=NCC1(CC)CCCC1)N1CCS(=O)(=O)C(C)(C)C1.I. The Morgan fingerprint density at radius 1 is 1.21 bits per heavy atom. The van der Waals surface area contributed by atoms with Gasteiger partial charge in [-0.15, -0.1) is 24.0 Å². The van der Waals surface area contributed by atoms with Crippen LogP contribution in [0.1, 0.15) is 59.8 Å². The molecule has 7 heteroatoms. The number of halogens is 1. The summed E-state index contributed by atoms with van der Waals surface area (Å²) in [4.78, 5) is 7.04. The molecule has 0 unspecified atom stereocenters. The van der Waals surface area contributed by atoms with Crippen molar-refractivity contribution in [3.05, 3.63) is 0 Å². The van der Waals surface area contributed by atoms with Gasteiger partial charge in [0.05, 0.1) is 10.5 Å². The minimum Gasteiger partial charge on any atom is -0.357 e. The van der Waals surface area contributed by atoms with E-state index < -0.39 is 14.6 Å². The molecule has 0 atom stereocenters. The summed E-state index contributed by atoms with van der Waals surface area (Å²) >= 11 is 0. The van der Waals surface area contributed by atoms with E-state index in [4.69, 9.17) is 4.99 Å². The van der Waals surface area contributed by atoms with Gasteiger partial charge in [0.15, 0.2) is 15.8 Å². The molecular formula is C17H34IN3O2S. The lowest BCUT2D eigenvalue weighted by molar-refractivity contribution is 0.292. The highest BCUT2D eigenvalue weighted by molar-refractivity contribution is 14.0. The lowest BCUT2D eigenvalue weighted by Crippen LogP contribution is -2.57. The lowest BCUT2D eigenvalue weighted by atomic mass is 9.83. The largest absolute Gasteiger partial charge is 0.357 e. The first-order chi connectivity index (χ1) is 10.8. The monoisotopic (exact) mass is 471 g/mol. The first-order valence-corrected chi connectivity index (χ1v) is 10.7. The zero-order valence-corrected chi connectivity index (χ0v) is 18.7. The van der Waals surface area contributed by atoms with E-state index in [1.165, 1.54) is 32.1 Å². The van der Waals surface area contributed by atoms with E-state index in [0.717, 1.165) is 19.0 Å². The average Bonchev–Trinajstić information content (AvgIpc) is 2.96. The molecule has 0 aromatic heterocycles. The molecule has 2 aliphatic rings. The minimum absolute atomic E-state index is 0. The molecule has 2 rings (SSSR count). The Morgan fingerprint density at radius 2 is 1.83 bits per heavy atom. The van der Waals surface area contributed by atoms with Crippen LogP contribution in [0, 0.1) is 5.41 Å². The molecule has 5 nitrogen and oxygen atoms in total. The Balaban J connectivity index is 0.00000288. The fourth-order valence-corrected chi connectivity index (χ4v) is 5.11. The maximum Gasteiger partial charge on any atom is 0.194 e. The van der Waals surface area contributed by atoms with Crippen molar-refractivity contribution in [1.29, 1.82) is 0 Å². The third kappa shape index (κ3) is 4.77. The molecule has 1 saturated heterocycles. The molecule has 1 aliphatic carbocycles. The van der Waals surface area contributed by atoms with Crippen LogP contribution in [0.25, 0.3) is 0 Å². The van der Waals surface area contributed by atoms with Gasteiger partial charge in [-0.05, 0) is 45.4 Å². The highest BCUT2D eigenvalue weighted by Gasteiger charge is 2.41. The predicted octanol–water partition coefficient (Wildman–Crippen LogP) is 3.05. The second-order valence-electron chi connectivity index (χ2n) is 7.73. The smallest absolute Gasteiger partial charge is 0.194 e. The molecule has 2 fully saturated rings.